The molecule has 0 unspecified atom stereocenters. The third kappa shape index (κ3) is 6.32. The lowest BCUT2D eigenvalue weighted by Crippen LogP contribution is -2.42. The number of carboxylic acid groups (broad SMARTS) is 1. The van der Waals surface area contributed by atoms with E-state index >= 15 is 0 Å². The molecule has 1 N–H and O–H groups in total. The maximum atomic E-state index is 11.7. The van der Waals surface area contributed by atoms with Crippen LogP contribution in [0.5, 0.6) is 0 Å². The van der Waals surface area contributed by atoms with E-state index in [-0.39, 0.29) is 18.5 Å². The second-order valence-electron chi connectivity index (χ2n) is 7.03. The maximum Gasteiger partial charge on any atom is 0.331 e. The number of rotatable bonds is 8. The fraction of sp³-hybridized carbons (Fsp3) is 0.474. The normalized spacial score (nSPS) is 12.8. The minimum atomic E-state index is -1.91. The molecule has 1 rings (SSSR count). The van der Waals surface area contributed by atoms with Crippen molar-refractivity contribution >= 4 is 25.2 Å². The minimum absolute atomic E-state index is 0.148. The summed E-state index contributed by atoms with van der Waals surface area (Å²) in [5.74, 6) is -1.17. The number of hydrogen-bond acceptors (Lipinski definition) is 3. The predicted octanol–water partition coefficient (Wildman–Crippen LogP) is 3.73. The van der Waals surface area contributed by atoms with Gasteiger partial charge in [0.05, 0.1) is 14.2 Å². The molecule has 0 saturated carbocycles. The highest BCUT2D eigenvalue weighted by molar-refractivity contribution is 6.90. The summed E-state index contributed by atoms with van der Waals surface area (Å²) >= 11 is 0. The SMILES string of the molecule is C/C(CCC(=O)OC(C)C)=C(/C[Si](C)(C)c1ccccc1)C(=O)O. The van der Waals surface area contributed by atoms with E-state index in [4.69, 9.17) is 4.74 Å². The highest BCUT2D eigenvalue weighted by atomic mass is 28.3. The summed E-state index contributed by atoms with van der Waals surface area (Å²) in [4.78, 5) is 23.4. The zero-order valence-electron chi connectivity index (χ0n) is 15.3. The van der Waals surface area contributed by atoms with Crippen molar-refractivity contribution in [3.8, 4) is 0 Å². The van der Waals surface area contributed by atoms with Gasteiger partial charge in [-0.05, 0) is 33.2 Å². The van der Waals surface area contributed by atoms with E-state index in [1.165, 1.54) is 5.19 Å². The molecular weight excluding hydrogens is 320 g/mol. The smallest absolute Gasteiger partial charge is 0.331 e. The Morgan fingerprint density at radius 2 is 1.71 bits per heavy atom. The van der Waals surface area contributed by atoms with Crippen molar-refractivity contribution in [1.29, 1.82) is 0 Å². The molecule has 0 aliphatic carbocycles. The number of carboxylic acids is 1. The Balaban J connectivity index is 2.89. The Morgan fingerprint density at radius 1 is 1.12 bits per heavy atom. The van der Waals surface area contributed by atoms with Gasteiger partial charge in [-0.2, -0.15) is 0 Å². The van der Waals surface area contributed by atoms with Crippen LogP contribution in [0.1, 0.15) is 33.6 Å². The fourth-order valence-corrected chi connectivity index (χ4v) is 5.24. The van der Waals surface area contributed by atoms with Gasteiger partial charge in [-0.1, -0.05) is 54.2 Å². The first-order chi connectivity index (χ1) is 11.1. The van der Waals surface area contributed by atoms with Gasteiger partial charge in [-0.15, -0.1) is 0 Å². The van der Waals surface area contributed by atoms with Crippen molar-refractivity contribution in [2.24, 2.45) is 0 Å². The van der Waals surface area contributed by atoms with Gasteiger partial charge in [0, 0.05) is 12.0 Å². The lowest BCUT2D eigenvalue weighted by Gasteiger charge is -2.24. The van der Waals surface area contributed by atoms with Gasteiger partial charge >= 0.3 is 11.9 Å². The van der Waals surface area contributed by atoms with Crippen LogP contribution in [0.4, 0.5) is 0 Å². The van der Waals surface area contributed by atoms with Crippen molar-refractivity contribution in [2.75, 3.05) is 0 Å². The zero-order chi connectivity index (χ0) is 18.3. The van der Waals surface area contributed by atoms with Crippen molar-refractivity contribution in [3.05, 3.63) is 41.5 Å². The second-order valence-corrected chi connectivity index (χ2v) is 11.7. The molecule has 0 amide bonds. The molecule has 0 saturated heterocycles. The van der Waals surface area contributed by atoms with E-state index in [2.05, 4.69) is 25.2 Å². The van der Waals surface area contributed by atoms with Gasteiger partial charge in [0.1, 0.15) is 0 Å². The zero-order valence-corrected chi connectivity index (χ0v) is 16.3. The van der Waals surface area contributed by atoms with Crippen LogP contribution in [-0.4, -0.2) is 31.2 Å². The number of hydrogen-bond donors (Lipinski definition) is 1. The summed E-state index contributed by atoms with van der Waals surface area (Å²) in [5, 5.41) is 10.8. The molecule has 1 aromatic rings. The van der Waals surface area contributed by atoms with Crippen LogP contribution in [-0.2, 0) is 14.3 Å². The molecule has 0 atom stereocenters. The summed E-state index contributed by atoms with van der Waals surface area (Å²) in [6, 6.07) is 10.6. The number of benzene rings is 1. The van der Waals surface area contributed by atoms with Crippen molar-refractivity contribution in [3.63, 3.8) is 0 Å². The van der Waals surface area contributed by atoms with Gasteiger partial charge in [-0.3, -0.25) is 4.79 Å². The van der Waals surface area contributed by atoms with Crippen LogP contribution in [0.25, 0.3) is 0 Å². The number of aliphatic carboxylic acids is 1. The lowest BCUT2D eigenvalue weighted by molar-refractivity contribution is -0.147. The first-order valence-electron chi connectivity index (χ1n) is 8.30. The van der Waals surface area contributed by atoms with Crippen LogP contribution in [0, 0.1) is 0 Å². The topological polar surface area (TPSA) is 63.6 Å². The summed E-state index contributed by atoms with van der Waals surface area (Å²) in [6.07, 6.45) is 0.491. The third-order valence-electron chi connectivity index (χ3n) is 4.02. The molecule has 5 heteroatoms. The summed E-state index contributed by atoms with van der Waals surface area (Å²) in [5.41, 5.74) is 1.20. The fourth-order valence-electron chi connectivity index (χ4n) is 2.60. The van der Waals surface area contributed by atoms with Crippen LogP contribution in [0.15, 0.2) is 41.5 Å². The molecule has 24 heavy (non-hydrogen) atoms. The largest absolute Gasteiger partial charge is 0.478 e. The molecule has 0 aliphatic rings. The Labute approximate surface area is 145 Å². The van der Waals surface area contributed by atoms with Crippen LogP contribution >= 0.6 is 0 Å². The van der Waals surface area contributed by atoms with E-state index in [1.54, 1.807) is 13.8 Å². The molecule has 132 valence electrons. The van der Waals surface area contributed by atoms with Crippen molar-refractivity contribution in [2.45, 2.75) is 58.9 Å². The van der Waals surface area contributed by atoms with Gasteiger partial charge in [-0.25, -0.2) is 4.79 Å². The predicted molar refractivity (Wildman–Crippen MR) is 99.2 cm³/mol. The van der Waals surface area contributed by atoms with Gasteiger partial charge < -0.3 is 9.84 Å². The van der Waals surface area contributed by atoms with Crippen LogP contribution in [0.2, 0.25) is 19.1 Å². The molecule has 0 spiro atoms. The molecule has 0 heterocycles. The van der Waals surface area contributed by atoms with Crippen LogP contribution in [0.3, 0.4) is 0 Å². The number of carbonyl (C=O) groups is 2. The highest BCUT2D eigenvalue weighted by Gasteiger charge is 2.28. The summed E-state index contributed by atoms with van der Waals surface area (Å²) in [6.45, 7) is 9.76. The molecule has 1 aromatic carbocycles. The Bertz CT molecular complexity index is 603. The quantitative estimate of drug-likeness (QED) is 0.442. The monoisotopic (exact) mass is 348 g/mol. The average molecular weight is 349 g/mol. The Kier molecular flexibility index (Phi) is 7.41. The second kappa shape index (κ2) is 8.83. The van der Waals surface area contributed by atoms with E-state index < -0.39 is 14.0 Å². The molecule has 0 fully saturated rings. The Hall–Kier alpha value is -1.88. The number of carbonyl (C=O) groups excluding carboxylic acids is 1. The van der Waals surface area contributed by atoms with E-state index in [0.717, 1.165) is 5.57 Å². The van der Waals surface area contributed by atoms with Gasteiger partial charge in [0.15, 0.2) is 0 Å². The standard InChI is InChI=1S/C19H28O4Si/c1-14(2)23-18(20)12-11-15(3)17(19(21)22)13-24(4,5)16-9-7-6-8-10-16/h6-10,14H,11-13H2,1-5H3,(H,21,22)/b17-15+. The molecule has 0 aromatic heterocycles. The molecular formula is C19H28O4Si. The number of esters is 1. The van der Waals surface area contributed by atoms with Crippen LogP contribution < -0.4 is 5.19 Å². The van der Waals surface area contributed by atoms with E-state index in [0.29, 0.717) is 18.0 Å². The first kappa shape index (κ1) is 20.2. The molecule has 0 radical (unpaired) electrons. The van der Waals surface area contributed by atoms with Crippen molar-refractivity contribution in [1.82, 2.24) is 0 Å². The van der Waals surface area contributed by atoms with Gasteiger partial charge in [0.25, 0.3) is 0 Å². The molecule has 4 nitrogen and oxygen atoms in total. The van der Waals surface area contributed by atoms with Crippen molar-refractivity contribution < 1.29 is 19.4 Å². The Morgan fingerprint density at radius 3 is 2.21 bits per heavy atom. The summed E-state index contributed by atoms with van der Waals surface area (Å²) < 4.78 is 5.11. The summed E-state index contributed by atoms with van der Waals surface area (Å²) in [7, 11) is -1.91. The molecule has 0 aliphatic heterocycles. The first-order valence-corrected chi connectivity index (χ1v) is 11.5. The number of allylic oxidation sites excluding steroid dienone is 1. The third-order valence-corrected chi connectivity index (χ3v) is 7.15. The maximum absolute atomic E-state index is 11.7. The highest BCUT2D eigenvalue weighted by Crippen LogP contribution is 2.22. The van der Waals surface area contributed by atoms with E-state index in [1.807, 2.05) is 25.1 Å². The number of ether oxygens (including phenoxy) is 1. The average Bonchev–Trinajstić information content (AvgIpc) is 2.50. The minimum Gasteiger partial charge on any atom is -0.478 e. The van der Waals surface area contributed by atoms with E-state index in [9.17, 15) is 14.7 Å². The molecule has 0 bridgehead atoms. The lowest BCUT2D eigenvalue weighted by atomic mass is 10.1. The van der Waals surface area contributed by atoms with Gasteiger partial charge in [0.2, 0.25) is 0 Å².